The Bertz CT molecular complexity index is 206. The van der Waals surface area contributed by atoms with Crippen LogP contribution in [0.3, 0.4) is 0 Å². The van der Waals surface area contributed by atoms with Crippen LogP contribution in [0.25, 0.3) is 0 Å². The molecule has 1 N–H and O–H groups in total. The van der Waals surface area contributed by atoms with E-state index in [0.717, 1.165) is 12.8 Å². The quantitative estimate of drug-likeness (QED) is 0.706. The predicted molar refractivity (Wildman–Crippen MR) is 45.4 cm³/mol. The van der Waals surface area contributed by atoms with Crippen molar-refractivity contribution in [1.82, 2.24) is 0 Å². The molecule has 4 heteroatoms. The fraction of sp³-hybridized carbons (Fsp3) is 0.778. The van der Waals surface area contributed by atoms with E-state index in [1.165, 1.54) is 0 Å². The largest absolute Gasteiger partial charge is 0.481 e. The van der Waals surface area contributed by atoms with Gasteiger partial charge in [0.15, 0.2) is 5.78 Å². The Labute approximate surface area is 76.9 Å². The number of hydrogen-bond donors (Lipinski definition) is 1. The summed E-state index contributed by atoms with van der Waals surface area (Å²) < 4.78 is 5.17. The highest BCUT2D eigenvalue weighted by Crippen LogP contribution is 2.18. The van der Waals surface area contributed by atoms with E-state index >= 15 is 0 Å². The molecule has 1 saturated heterocycles. The van der Waals surface area contributed by atoms with E-state index in [1.54, 1.807) is 6.92 Å². The fourth-order valence-electron chi connectivity index (χ4n) is 1.48. The Morgan fingerprint density at radius 2 is 2.31 bits per heavy atom. The molecule has 0 radical (unpaired) electrons. The Balaban J connectivity index is 2.41. The first-order chi connectivity index (χ1) is 6.11. The van der Waals surface area contributed by atoms with Gasteiger partial charge in [-0.1, -0.05) is 6.92 Å². The second kappa shape index (κ2) is 4.37. The summed E-state index contributed by atoms with van der Waals surface area (Å²) in [6, 6.07) is 0. The average Bonchev–Trinajstić information content (AvgIpc) is 2.53. The van der Waals surface area contributed by atoms with E-state index < -0.39 is 11.9 Å². The molecule has 4 nitrogen and oxygen atoms in total. The summed E-state index contributed by atoms with van der Waals surface area (Å²) in [6.45, 7) is 2.26. The van der Waals surface area contributed by atoms with Gasteiger partial charge in [-0.15, -0.1) is 0 Å². The lowest BCUT2D eigenvalue weighted by molar-refractivity contribution is -0.142. The number of hydrogen-bond acceptors (Lipinski definition) is 3. The molecule has 1 aliphatic heterocycles. The molecule has 2 unspecified atom stereocenters. The molecule has 1 rings (SSSR count). The first-order valence-electron chi connectivity index (χ1n) is 4.48. The van der Waals surface area contributed by atoms with Crippen LogP contribution in [0.2, 0.25) is 0 Å². The van der Waals surface area contributed by atoms with Crippen molar-refractivity contribution in [3.63, 3.8) is 0 Å². The number of rotatable bonds is 4. The van der Waals surface area contributed by atoms with Crippen molar-refractivity contribution in [3.05, 3.63) is 0 Å². The van der Waals surface area contributed by atoms with Crippen molar-refractivity contribution in [2.24, 2.45) is 5.92 Å². The molecule has 0 aromatic rings. The van der Waals surface area contributed by atoms with Gasteiger partial charge in [0.05, 0.1) is 6.42 Å². The second-order valence-corrected chi connectivity index (χ2v) is 3.40. The molecular weight excluding hydrogens is 172 g/mol. The Morgan fingerprint density at radius 3 is 2.77 bits per heavy atom. The summed E-state index contributed by atoms with van der Waals surface area (Å²) in [6.07, 6.45) is 1.19. The van der Waals surface area contributed by atoms with Crippen molar-refractivity contribution in [2.75, 3.05) is 6.61 Å². The third kappa shape index (κ3) is 2.81. The van der Waals surface area contributed by atoms with Crippen LogP contribution in [0.4, 0.5) is 0 Å². The number of carboxylic acid groups (broad SMARTS) is 1. The molecule has 0 spiro atoms. The fourth-order valence-corrected chi connectivity index (χ4v) is 1.48. The van der Waals surface area contributed by atoms with Crippen molar-refractivity contribution in [3.8, 4) is 0 Å². The smallest absolute Gasteiger partial charge is 0.304 e. The monoisotopic (exact) mass is 186 g/mol. The molecular formula is C9H14O4. The number of ketones is 1. The number of carboxylic acids is 1. The zero-order valence-corrected chi connectivity index (χ0v) is 7.66. The van der Waals surface area contributed by atoms with Crippen LogP contribution in [0.15, 0.2) is 0 Å². The van der Waals surface area contributed by atoms with E-state index in [-0.39, 0.29) is 18.3 Å². The normalized spacial score (nSPS) is 24.2. The van der Waals surface area contributed by atoms with Crippen LogP contribution >= 0.6 is 0 Å². The maximum absolute atomic E-state index is 11.5. The number of ether oxygens (including phenoxy) is 1. The zero-order valence-electron chi connectivity index (χ0n) is 7.66. The highest BCUT2D eigenvalue weighted by atomic mass is 16.5. The first kappa shape index (κ1) is 10.2. The topological polar surface area (TPSA) is 63.6 Å². The molecule has 1 aliphatic rings. The van der Waals surface area contributed by atoms with Crippen LogP contribution in [0, 0.1) is 5.92 Å². The summed E-state index contributed by atoms with van der Waals surface area (Å²) in [7, 11) is 0. The number of Topliss-reactive ketones (excluding diaryl/α,β-unsaturated/α-hetero) is 1. The van der Waals surface area contributed by atoms with E-state index in [9.17, 15) is 9.59 Å². The molecule has 0 bridgehead atoms. The third-order valence-corrected chi connectivity index (χ3v) is 2.21. The molecule has 0 aromatic heterocycles. The minimum Gasteiger partial charge on any atom is -0.481 e. The van der Waals surface area contributed by atoms with Crippen molar-refractivity contribution >= 4 is 11.8 Å². The molecule has 13 heavy (non-hydrogen) atoms. The van der Waals surface area contributed by atoms with Gasteiger partial charge in [0.25, 0.3) is 0 Å². The molecule has 1 heterocycles. The van der Waals surface area contributed by atoms with Gasteiger partial charge in [0.1, 0.15) is 6.10 Å². The van der Waals surface area contributed by atoms with E-state index in [1.807, 2.05) is 0 Å². The SMILES string of the molecule is CC(CC(=O)O)C(=O)C1CCCO1. The minimum atomic E-state index is -0.932. The third-order valence-electron chi connectivity index (χ3n) is 2.21. The molecule has 0 saturated carbocycles. The minimum absolute atomic E-state index is 0.0695. The summed E-state index contributed by atoms with van der Waals surface area (Å²) in [5.41, 5.74) is 0. The summed E-state index contributed by atoms with van der Waals surface area (Å²) >= 11 is 0. The van der Waals surface area contributed by atoms with Crippen molar-refractivity contribution in [1.29, 1.82) is 0 Å². The van der Waals surface area contributed by atoms with Gasteiger partial charge in [0, 0.05) is 12.5 Å². The van der Waals surface area contributed by atoms with E-state index in [2.05, 4.69) is 0 Å². The summed E-state index contributed by atoms with van der Waals surface area (Å²) in [4.78, 5) is 21.8. The Morgan fingerprint density at radius 1 is 1.62 bits per heavy atom. The van der Waals surface area contributed by atoms with Crippen LogP contribution in [-0.2, 0) is 14.3 Å². The highest BCUT2D eigenvalue weighted by molar-refractivity contribution is 5.88. The number of carbonyl (C=O) groups excluding carboxylic acids is 1. The molecule has 0 amide bonds. The maximum Gasteiger partial charge on any atom is 0.304 e. The van der Waals surface area contributed by atoms with Gasteiger partial charge < -0.3 is 9.84 Å². The molecule has 0 aromatic carbocycles. The Hall–Kier alpha value is -0.900. The number of aliphatic carboxylic acids is 1. The molecule has 1 fully saturated rings. The van der Waals surface area contributed by atoms with Crippen LogP contribution in [-0.4, -0.2) is 29.6 Å². The van der Waals surface area contributed by atoms with Crippen molar-refractivity contribution < 1.29 is 19.4 Å². The van der Waals surface area contributed by atoms with Gasteiger partial charge in [-0.25, -0.2) is 0 Å². The van der Waals surface area contributed by atoms with Gasteiger partial charge in [-0.05, 0) is 12.8 Å². The molecule has 0 aliphatic carbocycles. The van der Waals surface area contributed by atoms with Crippen molar-refractivity contribution in [2.45, 2.75) is 32.3 Å². The lowest BCUT2D eigenvalue weighted by Crippen LogP contribution is -2.27. The zero-order chi connectivity index (χ0) is 9.84. The summed E-state index contributed by atoms with van der Waals surface area (Å²) in [5, 5.41) is 8.48. The highest BCUT2D eigenvalue weighted by Gasteiger charge is 2.28. The average molecular weight is 186 g/mol. The predicted octanol–water partition coefficient (Wildman–Crippen LogP) is 0.845. The Kier molecular flexibility index (Phi) is 3.42. The molecule has 74 valence electrons. The standard InChI is InChI=1S/C9H14O4/c1-6(5-8(10)11)9(12)7-3-2-4-13-7/h6-7H,2-5H2,1H3,(H,10,11). The van der Waals surface area contributed by atoms with Crippen LogP contribution < -0.4 is 0 Å². The van der Waals surface area contributed by atoms with Gasteiger partial charge in [-0.3, -0.25) is 9.59 Å². The van der Waals surface area contributed by atoms with Crippen LogP contribution in [0.5, 0.6) is 0 Å². The van der Waals surface area contributed by atoms with Crippen LogP contribution in [0.1, 0.15) is 26.2 Å². The second-order valence-electron chi connectivity index (χ2n) is 3.40. The van der Waals surface area contributed by atoms with Gasteiger partial charge in [0.2, 0.25) is 0 Å². The molecule has 2 atom stereocenters. The maximum atomic E-state index is 11.5. The van der Waals surface area contributed by atoms with Gasteiger partial charge >= 0.3 is 5.97 Å². The first-order valence-corrected chi connectivity index (χ1v) is 4.48. The number of carbonyl (C=O) groups is 2. The summed E-state index contributed by atoms with van der Waals surface area (Å²) in [5.74, 6) is -1.43. The van der Waals surface area contributed by atoms with E-state index in [0.29, 0.717) is 6.61 Å². The lowest BCUT2D eigenvalue weighted by atomic mass is 9.97. The van der Waals surface area contributed by atoms with E-state index in [4.69, 9.17) is 9.84 Å². The van der Waals surface area contributed by atoms with Gasteiger partial charge in [-0.2, -0.15) is 0 Å². The lowest BCUT2D eigenvalue weighted by Gasteiger charge is -2.12.